The topological polar surface area (TPSA) is 101 Å². The van der Waals surface area contributed by atoms with Gasteiger partial charge in [-0.15, -0.1) is 0 Å². The Morgan fingerprint density at radius 1 is 1.58 bits per heavy atom. The fourth-order valence-corrected chi connectivity index (χ4v) is 4.10. The van der Waals surface area contributed by atoms with Crippen molar-refractivity contribution in [1.29, 1.82) is 0 Å². The molecule has 2 rings (SSSR count). The van der Waals surface area contributed by atoms with Gasteiger partial charge in [0.15, 0.2) is 5.03 Å². The highest BCUT2D eigenvalue weighted by Gasteiger charge is 2.35. The third-order valence-electron chi connectivity index (χ3n) is 3.48. The Kier molecular flexibility index (Phi) is 4.24. The van der Waals surface area contributed by atoms with Crippen molar-refractivity contribution in [2.45, 2.75) is 24.9 Å². The van der Waals surface area contributed by atoms with Crippen LogP contribution in [-0.2, 0) is 21.3 Å². The molecular formula is C11H20N4O3S. The third kappa shape index (κ3) is 2.66. The van der Waals surface area contributed by atoms with Gasteiger partial charge in [0.25, 0.3) is 10.0 Å². The number of aromatic amines is 1. The van der Waals surface area contributed by atoms with Gasteiger partial charge in [0.2, 0.25) is 0 Å². The largest absolute Gasteiger partial charge is 0.384 e. The summed E-state index contributed by atoms with van der Waals surface area (Å²) in [7, 11) is -1.93. The van der Waals surface area contributed by atoms with E-state index in [2.05, 4.69) is 10.2 Å². The van der Waals surface area contributed by atoms with Crippen molar-refractivity contribution in [2.24, 2.45) is 11.7 Å². The van der Waals surface area contributed by atoms with Gasteiger partial charge in [-0.25, -0.2) is 8.42 Å². The quantitative estimate of drug-likeness (QED) is 0.783. The smallest absolute Gasteiger partial charge is 0.262 e. The lowest BCUT2D eigenvalue weighted by Crippen LogP contribution is -2.30. The van der Waals surface area contributed by atoms with E-state index in [4.69, 9.17) is 10.5 Å². The van der Waals surface area contributed by atoms with Gasteiger partial charge in [-0.1, -0.05) is 0 Å². The van der Waals surface area contributed by atoms with Crippen LogP contribution in [0.5, 0.6) is 0 Å². The molecule has 3 N–H and O–H groups in total. The number of nitrogens with one attached hydrogen (secondary N) is 1. The highest BCUT2D eigenvalue weighted by atomic mass is 32.2. The van der Waals surface area contributed by atoms with Gasteiger partial charge in [-0.05, 0) is 19.3 Å². The minimum absolute atomic E-state index is 0.0607. The second kappa shape index (κ2) is 5.58. The molecule has 1 atom stereocenters. The van der Waals surface area contributed by atoms with E-state index in [-0.39, 0.29) is 17.5 Å². The molecule has 1 fully saturated rings. The zero-order valence-electron chi connectivity index (χ0n) is 11.2. The van der Waals surface area contributed by atoms with Crippen molar-refractivity contribution in [1.82, 2.24) is 14.5 Å². The molecule has 1 saturated heterocycles. The van der Waals surface area contributed by atoms with E-state index >= 15 is 0 Å². The number of rotatable bonds is 5. The van der Waals surface area contributed by atoms with Gasteiger partial charge in [0.05, 0.1) is 6.61 Å². The monoisotopic (exact) mass is 288 g/mol. The van der Waals surface area contributed by atoms with Crippen LogP contribution in [0.4, 0.5) is 0 Å². The zero-order chi connectivity index (χ0) is 14.0. The van der Waals surface area contributed by atoms with E-state index in [0.29, 0.717) is 31.0 Å². The van der Waals surface area contributed by atoms with Gasteiger partial charge in [0, 0.05) is 38.0 Å². The summed E-state index contributed by atoms with van der Waals surface area (Å²) in [6.07, 6.45) is 0.814. The molecule has 0 spiro atoms. The molecule has 1 unspecified atom stereocenters. The molecule has 1 aromatic rings. The van der Waals surface area contributed by atoms with Gasteiger partial charge in [-0.3, -0.25) is 5.10 Å². The normalized spacial score (nSPS) is 21.1. The molecular weight excluding hydrogens is 268 g/mol. The molecule has 0 aromatic carbocycles. The van der Waals surface area contributed by atoms with E-state index in [1.807, 2.05) is 0 Å². The summed E-state index contributed by atoms with van der Waals surface area (Å²) in [5, 5.41) is 6.66. The first kappa shape index (κ1) is 14.4. The average Bonchev–Trinajstić information content (AvgIpc) is 2.96. The van der Waals surface area contributed by atoms with E-state index in [9.17, 15) is 8.42 Å². The number of aromatic nitrogens is 2. The fraction of sp³-hybridized carbons (Fsp3) is 0.727. The van der Waals surface area contributed by atoms with E-state index in [1.165, 1.54) is 4.31 Å². The van der Waals surface area contributed by atoms with Crippen LogP contribution in [0.3, 0.4) is 0 Å². The molecule has 0 radical (unpaired) electrons. The molecule has 0 saturated carbocycles. The van der Waals surface area contributed by atoms with Crippen LogP contribution in [0.1, 0.15) is 17.7 Å². The maximum atomic E-state index is 12.5. The summed E-state index contributed by atoms with van der Waals surface area (Å²) in [5.41, 5.74) is 6.87. The van der Waals surface area contributed by atoms with E-state index in [1.54, 1.807) is 14.0 Å². The summed E-state index contributed by atoms with van der Waals surface area (Å²) < 4.78 is 31.6. The molecule has 0 bridgehead atoms. The Morgan fingerprint density at radius 2 is 2.32 bits per heavy atom. The molecule has 8 heteroatoms. The van der Waals surface area contributed by atoms with Crippen molar-refractivity contribution in [3.8, 4) is 0 Å². The van der Waals surface area contributed by atoms with Crippen molar-refractivity contribution in [3.05, 3.63) is 11.3 Å². The number of nitrogens with zero attached hydrogens (tertiary/aromatic N) is 2. The first-order valence-electron chi connectivity index (χ1n) is 6.23. The van der Waals surface area contributed by atoms with Crippen LogP contribution in [0.25, 0.3) is 0 Å². The van der Waals surface area contributed by atoms with Crippen molar-refractivity contribution >= 4 is 10.0 Å². The third-order valence-corrected chi connectivity index (χ3v) is 5.31. The van der Waals surface area contributed by atoms with Crippen molar-refractivity contribution in [3.63, 3.8) is 0 Å². The standard InChI is InChI=1S/C11H20N4O3S/c1-8-10(5-12)11(14-13-8)19(16,17)15-4-3-9(6-15)7-18-2/h9H,3-7,12H2,1-2H3,(H,13,14). The molecule has 0 amide bonds. The number of nitrogens with two attached hydrogens (primary N) is 1. The van der Waals surface area contributed by atoms with Gasteiger partial charge in [0.1, 0.15) is 0 Å². The van der Waals surface area contributed by atoms with Crippen LogP contribution in [0.15, 0.2) is 5.03 Å². The number of H-pyrrole nitrogens is 1. The predicted octanol–water partition coefficient (Wildman–Crippen LogP) is -0.166. The van der Waals surface area contributed by atoms with Crippen LogP contribution in [0.2, 0.25) is 0 Å². The minimum Gasteiger partial charge on any atom is -0.384 e. The Balaban J connectivity index is 2.23. The summed E-state index contributed by atoms with van der Waals surface area (Å²) >= 11 is 0. The average molecular weight is 288 g/mol. The zero-order valence-corrected chi connectivity index (χ0v) is 12.0. The fourth-order valence-electron chi connectivity index (χ4n) is 2.39. The SMILES string of the molecule is COCC1CCN(S(=O)(=O)c2n[nH]c(C)c2CN)C1. The number of ether oxygens (including phenoxy) is 1. The lowest BCUT2D eigenvalue weighted by atomic mass is 10.1. The second-order valence-electron chi connectivity index (χ2n) is 4.81. The van der Waals surface area contributed by atoms with Crippen LogP contribution in [0, 0.1) is 12.8 Å². The second-order valence-corrected chi connectivity index (χ2v) is 6.66. The highest BCUT2D eigenvalue weighted by Crippen LogP contribution is 2.26. The van der Waals surface area contributed by atoms with Gasteiger partial charge < -0.3 is 10.5 Å². The number of hydrogen-bond donors (Lipinski definition) is 2. The van der Waals surface area contributed by atoms with Gasteiger partial charge >= 0.3 is 0 Å². The maximum Gasteiger partial charge on any atom is 0.262 e. The molecule has 1 aromatic heterocycles. The van der Waals surface area contributed by atoms with Crippen LogP contribution in [-0.4, -0.2) is 49.7 Å². The number of methoxy groups -OCH3 is 1. The van der Waals surface area contributed by atoms with Crippen molar-refractivity contribution < 1.29 is 13.2 Å². The minimum atomic E-state index is -3.56. The lowest BCUT2D eigenvalue weighted by Gasteiger charge is -2.15. The van der Waals surface area contributed by atoms with Crippen LogP contribution < -0.4 is 5.73 Å². The summed E-state index contributed by atoms with van der Waals surface area (Å²) in [6, 6.07) is 0. The molecule has 2 heterocycles. The lowest BCUT2D eigenvalue weighted by molar-refractivity contribution is 0.157. The highest BCUT2D eigenvalue weighted by molar-refractivity contribution is 7.89. The van der Waals surface area contributed by atoms with Crippen LogP contribution >= 0.6 is 0 Å². The number of aryl methyl sites for hydroxylation is 1. The Bertz CT molecular complexity index is 540. The molecule has 1 aliphatic heterocycles. The molecule has 7 nitrogen and oxygen atoms in total. The summed E-state index contributed by atoms with van der Waals surface area (Å²) in [6.45, 7) is 3.49. The van der Waals surface area contributed by atoms with E-state index in [0.717, 1.165) is 6.42 Å². The van der Waals surface area contributed by atoms with Gasteiger partial charge in [-0.2, -0.15) is 9.40 Å². The summed E-state index contributed by atoms with van der Waals surface area (Å²) in [4.78, 5) is 0. The van der Waals surface area contributed by atoms with Crippen molar-refractivity contribution in [2.75, 3.05) is 26.8 Å². The first-order valence-corrected chi connectivity index (χ1v) is 7.67. The molecule has 0 aliphatic carbocycles. The molecule has 1 aliphatic rings. The molecule has 108 valence electrons. The van der Waals surface area contributed by atoms with E-state index < -0.39 is 10.0 Å². The Labute approximate surface area is 113 Å². The Hall–Kier alpha value is -0.960. The number of sulfonamides is 1. The number of hydrogen-bond acceptors (Lipinski definition) is 5. The molecule has 19 heavy (non-hydrogen) atoms. The first-order chi connectivity index (χ1) is 9.00. The summed E-state index contributed by atoms with van der Waals surface area (Å²) in [5.74, 6) is 0.251. The maximum absolute atomic E-state index is 12.5. The Morgan fingerprint density at radius 3 is 2.95 bits per heavy atom. The predicted molar refractivity (Wildman–Crippen MR) is 70.0 cm³/mol.